The van der Waals surface area contributed by atoms with Crippen molar-refractivity contribution in [1.82, 2.24) is 5.32 Å². The van der Waals surface area contributed by atoms with Crippen LogP contribution in [0.2, 0.25) is 0 Å². The molecule has 2 rings (SSSR count). The van der Waals surface area contributed by atoms with Crippen LogP contribution in [0.25, 0.3) is 0 Å². The number of hydrogen-bond donors (Lipinski definition) is 1. The molecule has 1 heterocycles. The van der Waals surface area contributed by atoms with Crippen molar-refractivity contribution in [2.45, 2.75) is 32.7 Å². The lowest BCUT2D eigenvalue weighted by molar-refractivity contribution is 0.383. The third-order valence-electron chi connectivity index (χ3n) is 4.01. The van der Waals surface area contributed by atoms with Crippen LogP contribution in [-0.2, 0) is 0 Å². The van der Waals surface area contributed by atoms with Crippen molar-refractivity contribution in [3.63, 3.8) is 0 Å². The van der Waals surface area contributed by atoms with Gasteiger partial charge in [-0.3, -0.25) is 0 Å². The monoisotopic (exact) mass is 328 g/mol. The molecule has 1 aliphatic heterocycles. The van der Waals surface area contributed by atoms with Crippen molar-refractivity contribution >= 4 is 21.6 Å². The molecule has 0 radical (unpaired) electrons. The van der Waals surface area contributed by atoms with Crippen molar-refractivity contribution in [3.8, 4) is 0 Å². The summed E-state index contributed by atoms with van der Waals surface area (Å²) in [5.41, 5.74) is 0.722. The molecule has 0 aliphatic carbocycles. The second-order valence-corrected chi connectivity index (χ2v) is 6.26. The minimum atomic E-state index is -0.140. The van der Waals surface area contributed by atoms with Gasteiger partial charge in [0, 0.05) is 23.6 Å². The van der Waals surface area contributed by atoms with Gasteiger partial charge in [-0.25, -0.2) is 4.39 Å². The molecule has 19 heavy (non-hydrogen) atoms. The first-order valence-corrected chi connectivity index (χ1v) is 7.84. The molecule has 0 aromatic heterocycles. The van der Waals surface area contributed by atoms with Crippen LogP contribution in [-0.4, -0.2) is 25.7 Å². The van der Waals surface area contributed by atoms with Crippen LogP contribution in [0.1, 0.15) is 26.7 Å². The highest BCUT2D eigenvalue weighted by molar-refractivity contribution is 9.10. The van der Waals surface area contributed by atoms with Gasteiger partial charge in [0.05, 0.1) is 5.69 Å². The van der Waals surface area contributed by atoms with Crippen LogP contribution in [0, 0.1) is 11.7 Å². The molecule has 4 heteroatoms. The topological polar surface area (TPSA) is 15.3 Å². The van der Waals surface area contributed by atoms with E-state index in [9.17, 15) is 4.39 Å². The summed E-state index contributed by atoms with van der Waals surface area (Å²) >= 11 is 3.31. The zero-order valence-electron chi connectivity index (χ0n) is 11.6. The Kier molecular flexibility index (Phi) is 5.22. The lowest BCUT2D eigenvalue weighted by Gasteiger charge is -2.29. The fourth-order valence-corrected chi connectivity index (χ4v) is 2.91. The molecule has 2 nitrogen and oxygen atoms in total. The van der Waals surface area contributed by atoms with E-state index in [4.69, 9.17) is 0 Å². The quantitative estimate of drug-likeness (QED) is 0.907. The Morgan fingerprint density at radius 1 is 1.53 bits per heavy atom. The van der Waals surface area contributed by atoms with Crippen molar-refractivity contribution in [1.29, 1.82) is 0 Å². The lowest BCUT2D eigenvalue weighted by Crippen LogP contribution is -2.42. The van der Waals surface area contributed by atoms with Crippen molar-refractivity contribution < 1.29 is 4.39 Å². The summed E-state index contributed by atoms with van der Waals surface area (Å²) in [6.45, 7) is 7.29. The van der Waals surface area contributed by atoms with Crippen LogP contribution in [0.5, 0.6) is 0 Å². The molecule has 0 saturated carbocycles. The molecule has 2 unspecified atom stereocenters. The smallest absolute Gasteiger partial charge is 0.147 e. The fourth-order valence-electron chi connectivity index (χ4n) is 2.57. The van der Waals surface area contributed by atoms with Crippen LogP contribution < -0.4 is 10.2 Å². The Labute approximate surface area is 123 Å². The minimum absolute atomic E-state index is 0.140. The van der Waals surface area contributed by atoms with Gasteiger partial charge in [-0.15, -0.1) is 0 Å². The number of nitrogens with zero attached hydrogens (tertiary/aromatic N) is 1. The fraction of sp³-hybridized carbons (Fsp3) is 0.600. The Morgan fingerprint density at radius 3 is 3.00 bits per heavy atom. The van der Waals surface area contributed by atoms with Crippen LogP contribution in [0.15, 0.2) is 22.7 Å². The summed E-state index contributed by atoms with van der Waals surface area (Å²) in [4.78, 5) is 2.18. The highest BCUT2D eigenvalue weighted by Crippen LogP contribution is 2.25. The van der Waals surface area contributed by atoms with E-state index in [1.165, 1.54) is 0 Å². The Balaban J connectivity index is 2.17. The van der Waals surface area contributed by atoms with Crippen molar-refractivity contribution in [2.75, 3.05) is 24.5 Å². The summed E-state index contributed by atoms with van der Waals surface area (Å²) in [5, 5.41) is 3.59. The molecule has 106 valence electrons. The maximum Gasteiger partial charge on any atom is 0.147 e. The summed E-state index contributed by atoms with van der Waals surface area (Å²) in [7, 11) is 0. The summed E-state index contributed by atoms with van der Waals surface area (Å²) in [6, 6.07) is 5.77. The van der Waals surface area contributed by atoms with Gasteiger partial charge in [-0.2, -0.15) is 0 Å². The minimum Gasteiger partial charge on any atom is -0.368 e. The number of benzene rings is 1. The molecule has 0 spiro atoms. The Morgan fingerprint density at radius 2 is 2.32 bits per heavy atom. The predicted octanol–water partition coefficient (Wildman–Crippen LogP) is 3.80. The zero-order chi connectivity index (χ0) is 13.8. The molecular formula is C15H22BrFN2. The molecule has 1 aromatic rings. The van der Waals surface area contributed by atoms with E-state index in [1.807, 2.05) is 12.1 Å². The van der Waals surface area contributed by atoms with E-state index >= 15 is 0 Å². The normalized spacial score (nSPS) is 22.1. The second-order valence-electron chi connectivity index (χ2n) is 5.34. The highest BCUT2D eigenvalue weighted by Gasteiger charge is 2.23. The molecular weight excluding hydrogens is 307 g/mol. The number of hydrogen-bond acceptors (Lipinski definition) is 2. The van der Waals surface area contributed by atoms with Crippen molar-refractivity contribution in [3.05, 3.63) is 28.5 Å². The Bertz CT molecular complexity index is 425. The average molecular weight is 329 g/mol. The first-order chi connectivity index (χ1) is 9.11. The molecule has 0 bridgehead atoms. The van der Waals surface area contributed by atoms with Gasteiger partial charge in [-0.1, -0.05) is 36.2 Å². The maximum atomic E-state index is 14.1. The second kappa shape index (κ2) is 6.71. The van der Waals surface area contributed by atoms with Crippen molar-refractivity contribution in [2.24, 2.45) is 5.92 Å². The number of anilines is 1. The molecule has 2 atom stereocenters. The Hall–Kier alpha value is -0.610. The third kappa shape index (κ3) is 3.69. The van der Waals surface area contributed by atoms with Gasteiger partial charge in [0.1, 0.15) is 5.82 Å². The molecule has 0 amide bonds. The molecule has 1 aliphatic rings. The highest BCUT2D eigenvalue weighted by atomic mass is 79.9. The van der Waals surface area contributed by atoms with E-state index < -0.39 is 0 Å². The van der Waals surface area contributed by atoms with Gasteiger partial charge in [-0.05, 0) is 37.1 Å². The predicted molar refractivity (Wildman–Crippen MR) is 82.2 cm³/mol. The van der Waals surface area contributed by atoms with Gasteiger partial charge in [0.15, 0.2) is 0 Å². The first-order valence-electron chi connectivity index (χ1n) is 7.05. The zero-order valence-corrected chi connectivity index (χ0v) is 13.2. The SMILES string of the molecule is CCC(C)C1CN(c2ccc(Br)cc2F)CCCN1. The largest absolute Gasteiger partial charge is 0.368 e. The first kappa shape index (κ1) is 14.8. The number of rotatable bonds is 3. The van der Waals surface area contributed by atoms with Crippen LogP contribution in [0.4, 0.5) is 10.1 Å². The van der Waals surface area contributed by atoms with Gasteiger partial charge in [0.25, 0.3) is 0 Å². The molecule has 1 N–H and O–H groups in total. The third-order valence-corrected chi connectivity index (χ3v) is 4.50. The summed E-state index contributed by atoms with van der Waals surface area (Å²) in [5.74, 6) is 0.471. The lowest BCUT2D eigenvalue weighted by atomic mass is 9.99. The molecule has 1 saturated heterocycles. The molecule has 1 aromatic carbocycles. The van der Waals surface area contributed by atoms with E-state index in [-0.39, 0.29) is 5.82 Å². The number of halogens is 2. The van der Waals surface area contributed by atoms with E-state index in [2.05, 4.69) is 40.0 Å². The average Bonchev–Trinajstić information content (AvgIpc) is 2.63. The van der Waals surface area contributed by atoms with Gasteiger partial charge >= 0.3 is 0 Å². The number of nitrogens with one attached hydrogen (secondary N) is 1. The van der Waals surface area contributed by atoms with Gasteiger partial charge in [0.2, 0.25) is 0 Å². The standard InChI is InChI=1S/C15H22BrFN2/c1-3-11(2)14-10-19(8-4-7-18-14)15-6-5-12(16)9-13(15)17/h5-6,9,11,14,18H,3-4,7-8,10H2,1-2H3. The van der Waals surface area contributed by atoms with E-state index in [0.717, 1.165) is 42.6 Å². The van der Waals surface area contributed by atoms with E-state index in [0.29, 0.717) is 12.0 Å². The summed E-state index contributed by atoms with van der Waals surface area (Å²) in [6.07, 6.45) is 2.21. The van der Waals surface area contributed by atoms with E-state index in [1.54, 1.807) is 6.07 Å². The summed E-state index contributed by atoms with van der Waals surface area (Å²) < 4.78 is 14.9. The molecule has 1 fully saturated rings. The maximum absolute atomic E-state index is 14.1. The van der Waals surface area contributed by atoms with Gasteiger partial charge < -0.3 is 10.2 Å². The van der Waals surface area contributed by atoms with Crippen LogP contribution >= 0.6 is 15.9 Å². The van der Waals surface area contributed by atoms with Crippen LogP contribution in [0.3, 0.4) is 0 Å².